The van der Waals surface area contributed by atoms with E-state index in [4.69, 9.17) is 4.42 Å². The smallest absolute Gasteiger partial charge is 0.211 e. The summed E-state index contributed by atoms with van der Waals surface area (Å²) in [4.78, 5) is 6.93. The summed E-state index contributed by atoms with van der Waals surface area (Å²) in [5.41, 5.74) is 0. The minimum absolute atomic E-state index is 0.289. The molecule has 2 atom stereocenters. The first-order valence-electron chi connectivity index (χ1n) is 8.14. The average Bonchev–Trinajstić information content (AvgIpc) is 2.94. The largest absolute Gasteiger partial charge is 0.444 e. The Morgan fingerprint density at radius 1 is 1.35 bits per heavy atom. The van der Waals surface area contributed by atoms with E-state index in [1.54, 1.807) is 0 Å². The lowest BCUT2D eigenvalue weighted by Gasteiger charge is -2.41. The lowest BCUT2D eigenvalue weighted by Crippen LogP contribution is -2.54. The van der Waals surface area contributed by atoms with Gasteiger partial charge in [0.25, 0.3) is 0 Å². The monoisotopic (exact) mass is 277 g/mol. The molecule has 1 saturated carbocycles. The third kappa shape index (κ3) is 3.07. The quantitative estimate of drug-likeness (QED) is 0.922. The Bertz CT molecular complexity index is 425. The standard InChI is InChI=1S/C16H27N3O/c1-12-10-18-16(20-12)13(2)19-9-8-17-15(11-19)14-6-4-3-5-7-14/h10,13-15,17H,3-9,11H2,1-2H3. The van der Waals surface area contributed by atoms with E-state index < -0.39 is 0 Å². The van der Waals surface area contributed by atoms with Crippen LogP contribution in [0.2, 0.25) is 0 Å². The molecule has 2 aliphatic rings. The maximum atomic E-state index is 5.71. The minimum atomic E-state index is 0.289. The molecule has 1 saturated heterocycles. The molecule has 1 aromatic rings. The van der Waals surface area contributed by atoms with Gasteiger partial charge in [0, 0.05) is 25.7 Å². The highest BCUT2D eigenvalue weighted by Crippen LogP contribution is 2.29. The number of nitrogens with one attached hydrogen (secondary N) is 1. The highest BCUT2D eigenvalue weighted by molar-refractivity contribution is 4.97. The molecule has 0 amide bonds. The lowest BCUT2D eigenvalue weighted by molar-refractivity contribution is 0.102. The molecule has 1 N–H and O–H groups in total. The van der Waals surface area contributed by atoms with Gasteiger partial charge in [-0.05, 0) is 32.6 Å². The summed E-state index contributed by atoms with van der Waals surface area (Å²) >= 11 is 0. The van der Waals surface area contributed by atoms with E-state index in [0.717, 1.165) is 37.2 Å². The molecule has 0 radical (unpaired) electrons. The Labute approximate surface area is 121 Å². The van der Waals surface area contributed by atoms with Crippen molar-refractivity contribution >= 4 is 0 Å². The van der Waals surface area contributed by atoms with Gasteiger partial charge >= 0.3 is 0 Å². The van der Waals surface area contributed by atoms with Crippen molar-refractivity contribution in [3.8, 4) is 0 Å². The van der Waals surface area contributed by atoms with Gasteiger partial charge in [-0.25, -0.2) is 4.98 Å². The third-order valence-electron chi connectivity index (χ3n) is 5.00. The SMILES string of the molecule is Cc1cnc(C(C)N2CCNC(C3CCCCC3)C2)o1. The van der Waals surface area contributed by atoms with Gasteiger partial charge in [0.05, 0.1) is 12.2 Å². The van der Waals surface area contributed by atoms with Crippen molar-refractivity contribution in [1.82, 2.24) is 15.2 Å². The van der Waals surface area contributed by atoms with Crippen molar-refractivity contribution in [1.29, 1.82) is 0 Å². The van der Waals surface area contributed by atoms with Crippen LogP contribution in [0.4, 0.5) is 0 Å². The van der Waals surface area contributed by atoms with Crippen LogP contribution in [0.3, 0.4) is 0 Å². The first-order valence-corrected chi connectivity index (χ1v) is 8.14. The summed E-state index contributed by atoms with van der Waals surface area (Å²) in [6.07, 6.45) is 8.89. The van der Waals surface area contributed by atoms with Crippen molar-refractivity contribution in [3.63, 3.8) is 0 Å². The average molecular weight is 277 g/mol. The number of hydrogen-bond donors (Lipinski definition) is 1. The third-order valence-corrected chi connectivity index (χ3v) is 5.00. The van der Waals surface area contributed by atoms with E-state index >= 15 is 0 Å². The lowest BCUT2D eigenvalue weighted by atomic mass is 9.83. The van der Waals surface area contributed by atoms with Crippen LogP contribution in [0, 0.1) is 12.8 Å². The highest BCUT2D eigenvalue weighted by atomic mass is 16.4. The molecule has 2 fully saturated rings. The fourth-order valence-corrected chi connectivity index (χ4v) is 3.73. The fraction of sp³-hybridized carbons (Fsp3) is 0.812. The number of oxazole rings is 1. The second kappa shape index (κ2) is 6.27. The molecule has 0 spiro atoms. The topological polar surface area (TPSA) is 41.3 Å². The Kier molecular flexibility index (Phi) is 4.41. The molecular formula is C16H27N3O. The van der Waals surface area contributed by atoms with Gasteiger partial charge in [-0.15, -0.1) is 0 Å². The van der Waals surface area contributed by atoms with Crippen LogP contribution in [0.25, 0.3) is 0 Å². The molecule has 3 rings (SSSR count). The van der Waals surface area contributed by atoms with E-state index in [1.165, 1.54) is 32.1 Å². The Morgan fingerprint density at radius 3 is 2.85 bits per heavy atom. The Hall–Kier alpha value is -0.870. The zero-order chi connectivity index (χ0) is 13.9. The van der Waals surface area contributed by atoms with Crippen LogP contribution < -0.4 is 5.32 Å². The second-order valence-corrected chi connectivity index (χ2v) is 6.44. The first-order chi connectivity index (χ1) is 9.74. The van der Waals surface area contributed by atoms with E-state index in [9.17, 15) is 0 Å². The van der Waals surface area contributed by atoms with Crippen LogP contribution in [-0.2, 0) is 0 Å². The number of nitrogens with zero attached hydrogens (tertiary/aromatic N) is 2. The number of aryl methyl sites for hydroxylation is 1. The molecule has 20 heavy (non-hydrogen) atoms. The highest BCUT2D eigenvalue weighted by Gasteiger charge is 2.31. The van der Waals surface area contributed by atoms with Gasteiger partial charge in [0.15, 0.2) is 0 Å². The summed E-state index contributed by atoms with van der Waals surface area (Å²) in [7, 11) is 0. The van der Waals surface area contributed by atoms with Crippen LogP contribution in [0.1, 0.15) is 56.7 Å². The summed E-state index contributed by atoms with van der Waals surface area (Å²) in [5.74, 6) is 2.64. The number of rotatable bonds is 3. The molecule has 1 aromatic heterocycles. The van der Waals surface area contributed by atoms with E-state index in [1.807, 2.05) is 13.1 Å². The van der Waals surface area contributed by atoms with Gasteiger partial charge in [-0.3, -0.25) is 4.90 Å². The number of piperazine rings is 1. The van der Waals surface area contributed by atoms with E-state index in [0.29, 0.717) is 6.04 Å². The van der Waals surface area contributed by atoms with Gasteiger partial charge in [-0.2, -0.15) is 0 Å². The summed E-state index contributed by atoms with van der Waals surface area (Å²) in [6, 6.07) is 0.944. The molecule has 4 nitrogen and oxygen atoms in total. The molecule has 1 aliphatic carbocycles. The van der Waals surface area contributed by atoms with Crippen LogP contribution >= 0.6 is 0 Å². The maximum absolute atomic E-state index is 5.71. The normalized spacial score (nSPS) is 27.6. The Morgan fingerprint density at radius 2 is 2.15 bits per heavy atom. The van der Waals surface area contributed by atoms with E-state index in [-0.39, 0.29) is 6.04 Å². The molecule has 4 heteroatoms. The zero-order valence-corrected chi connectivity index (χ0v) is 12.8. The molecule has 0 aromatic carbocycles. The molecule has 1 aliphatic heterocycles. The predicted octanol–water partition coefficient (Wildman–Crippen LogP) is 2.90. The van der Waals surface area contributed by atoms with Crippen LogP contribution in [0.15, 0.2) is 10.6 Å². The Balaban J connectivity index is 1.62. The molecule has 2 heterocycles. The minimum Gasteiger partial charge on any atom is -0.444 e. The van der Waals surface area contributed by atoms with Gasteiger partial charge in [0.2, 0.25) is 5.89 Å². The molecular weight excluding hydrogens is 250 g/mol. The number of hydrogen-bond acceptors (Lipinski definition) is 4. The molecule has 2 unspecified atom stereocenters. The zero-order valence-electron chi connectivity index (χ0n) is 12.8. The first kappa shape index (κ1) is 14.1. The fourth-order valence-electron chi connectivity index (χ4n) is 3.73. The van der Waals surface area contributed by atoms with Crippen molar-refractivity contribution in [2.45, 2.75) is 58.0 Å². The summed E-state index contributed by atoms with van der Waals surface area (Å²) in [6.45, 7) is 7.49. The van der Waals surface area contributed by atoms with Gasteiger partial charge < -0.3 is 9.73 Å². The molecule has 112 valence electrons. The van der Waals surface area contributed by atoms with Crippen molar-refractivity contribution in [2.75, 3.05) is 19.6 Å². The summed E-state index contributed by atoms with van der Waals surface area (Å²) < 4.78 is 5.71. The van der Waals surface area contributed by atoms with Crippen LogP contribution in [-0.4, -0.2) is 35.6 Å². The van der Waals surface area contributed by atoms with Crippen LogP contribution in [0.5, 0.6) is 0 Å². The van der Waals surface area contributed by atoms with Gasteiger partial charge in [0.1, 0.15) is 5.76 Å². The summed E-state index contributed by atoms with van der Waals surface area (Å²) in [5, 5.41) is 3.74. The maximum Gasteiger partial charge on any atom is 0.211 e. The van der Waals surface area contributed by atoms with Crippen molar-refractivity contribution in [3.05, 3.63) is 17.8 Å². The van der Waals surface area contributed by atoms with Gasteiger partial charge in [-0.1, -0.05) is 19.3 Å². The van der Waals surface area contributed by atoms with E-state index in [2.05, 4.69) is 22.1 Å². The predicted molar refractivity (Wildman–Crippen MR) is 79.6 cm³/mol. The van der Waals surface area contributed by atoms with Crippen molar-refractivity contribution < 1.29 is 4.42 Å². The van der Waals surface area contributed by atoms with Crippen molar-refractivity contribution in [2.24, 2.45) is 5.92 Å². The number of aromatic nitrogens is 1. The second-order valence-electron chi connectivity index (χ2n) is 6.44. The molecule has 0 bridgehead atoms.